The molecule has 0 aliphatic heterocycles. The molecule has 2 aromatic rings. The van der Waals surface area contributed by atoms with E-state index in [1.807, 2.05) is 29.6 Å². The summed E-state index contributed by atoms with van der Waals surface area (Å²) in [6.45, 7) is 2.07. The van der Waals surface area contributed by atoms with Crippen molar-refractivity contribution in [2.24, 2.45) is 0 Å². The smallest absolute Gasteiger partial charge is 0.226 e. The van der Waals surface area contributed by atoms with Gasteiger partial charge in [0.1, 0.15) is 0 Å². The summed E-state index contributed by atoms with van der Waals surface area (Å²) >= 11 is 1.44. The summed E-state index contributed by atoms with van der Waals surface area (Å²) in [5.74, 6) is 0.0278. The summed E-state index contributed by atoms with van der Waals surface area (Å²) in [4.78, 5) is 16.0. The molecule has 100 valence electrons. The number of nitrogens with zero attached hydrogens (tertiary/aromatic N) is 1. The van der Waals surface area contributed by atoms with Crippen molar-refractivity contribution in [3.8, 4) is 11.3 Å². The predicted octanol–water partition coefficient (Wildman–Crippen LogP) is 3.52. The van der Waals surface area contributed by atoms with Crippen molar-refractivity contribution in [1.82, 2.24) is 4.98 Å². The van der Waals surface area contributed by atoms with Crippen molar-refractivity contribution in [3.05, 3.63) is 29.6 Å². The molecule has 0 bridgehead atoms. The van der Waals surface area contributed by atoms with Crippen LogP contribution in [0.2, 0.25) is 0 Å². The average Bonchev–Trinajstić information content (AvgIpc) is 2.85. The molecule has 0 fully saturated rings. The molecule has 0 saturated heterocycles. The second-order valence-electron chi connectivity index (χ2n) is 4.31. The topological polar surface area (TPSA) is 68.0 Å². The number of carbonyl (C=O) groups excluding carboxylic acids is 1. The summed E-state index contributed by atoms with van der Waals surface area (Å²) in [5.41, 5.74) is 8.23. The van der Waals surface area contributed by atoms with Gasteiger partial charge in [0.15, 0.2) is 5.13 Å². The highest BCUT2D eigenvalue weighted by Crippen LogP contribution is 2.25. The first-order chi connectivity index (χ1) is 9.19. The Hall–Kier alpha value is -1.88. The van der Waals surface area contributed by atoms with Crippen LogP contribution in [0.4, 0.5) is 10.8 Å². The lowest BCUT2D eigenvalue weighted by Crippen LogP contribution is -2.10. The Morgan fingerprint density at radius 1 is 1.37 bits per heavy atom. The fourth-order valence-corrected chi connectivity index (χ4v) is 2.37. The number of nitrogens with one attached hydrogen (secondary N) is 1. The van der Waals surface area contributed by atoms with Crippen molar-refractivity contribution >= 4 is 28.1 Å². The van der Waals surface area contributed by atoms with Crippen LogP contribution in [0.25, 0.3) is 11.3 Å². The Morgan fingerprint density at radius 2 is 2.11 bits per heavy atom. The Labute approximate surface area is 116 Å². The number of aromatic nitrogens is 1. The molecule has 1 heterocycles. The van der Waals surface area contributed by atoms with Crippen molar-refractivity contribution < 1.29 is 4.79 Å². The first-order valence-electron chi connectivity index (χ1n) is 6.30. The fraction of sp³-hybridized carbons (Fsp3) is 0.286. The molecule has 4 nitrogen and oxygen atoms in total. The molecular weight excluding hydrogens is 258 g/mol. The number of hydrogen-bond donors (Lipinski definition) is 2. The first-order valence-corrected chi connectivity index (χ1v) is 7.18. The summed E-state index contributed by atoms with van der Waals surface area (Å²) in [6, 6.07) is 7.53. The average molecular weight is 275 g/mol. The molecule has 1 aromatic carbocycles. The number of rotatable bonds is 5. The number of carbonyl (C=O) groups is 1. The molecule has 3 N–H and O–H groups in total. The second kappa shape index (κ2) is 6.33. The number of benzene rings is 1. The molecule has 0 saturated carbocycles. The zero-order valence-corrected chi connectivity index (χ0v) is 11.7. The molecule has 0 aliphatic rings. The number of amides is 1. The van der Waals surface area contributed by atoms with Gasteiger partial charge in [-0.2, -0.15) is 0 Å². The van der Waals surface area contributed by atoms with Crippen LogP contribution in [-0.4, -0.2) is 10.9 Å². The van der Waals surface area contributed by atoms with Crippen molar-refractivity contribution in [3.63, 3.8) is 0 Å². The quantitative estimate of drug-likeness (QED) is 0.820. The van der Waals surface area contributed by atoms with Gasteiger partial charge in [0.05, 0.1) is 5.69 Å². The Morgan fingerprint density at radius 3 is 2.79 bits per heavy atom. The lowest BCUT2D eigenvalue weighted by Gasteiger charge is -2.00. The van der Waals surface area contributed by atoms with Gasteiger partial charge in [0, 0.05) is 23.1 Å². The van der Waals surface area contributed by atoms with Gasteiger partial charge < -0.3 is 11.1 Å². The number of anilines is 2. The maximum absolute atomic E-state index is 11.6. The van der Waals surface area contributed by atoms with E-state index < -0.39 is 0 Å². The standard InChI is InChI=1S/C14H17N3OS/c1-2-3-4-13(18)17-14-16-12(9-19-14)10-5-7-11(15)8-6-10/h5-9H,2-4,15H2,1H3,(H,16,17,18). The van der Waals surface area contributed by atoms with Crippen LogP contribution in [0, 0.1) is 0 Å². The number of thiazole rings is 1. The predicted molar refractivity (Wildman–Crippen MR) is 80.1 cm³/mol. The van der Waals surface area contributed by atoms with Gasteiger partial charge in [0.2, 0.25) is 5.91 Å². The number of unbranched alkanes of at least 4 members (excludes halogenated alkanes) is 1. The maximum atomic E-state index is 11.6. The van der Waals surface area contributed by atoms with E-state index in [9.17, 15) is 4.79 Å². The van der Waals surface area contributed by atoms with Crippen LogP contribution < -0.4 is 11.1 Å². The third kappa shape index (κ3) is 3.79. The molecule has 2 rings (SSSR count). The van der Waals surface area contributed by atoms with E-state index in [-0.39, 0.29) is 5.91 Å². The Bertz CT molecular complexity index is 548. The van der Waals surface area contributed by atoms with Gasteiger partial charge in [-0.25, -0.2) is 4.98 Å². The number of nitrogen functional groups attached to an aromatic ring is 1. The molecule has 1 aromatic heterocycles. The molecule has 0 unspecified atom stereocenters. The van der Waals surface area contributed by atoms with Crippen molar-refractivity contribution in [2.75, 3.05) is 11.1 Å². The lowest BCUT2D eigenvalue weighted by atomic mass is 10.1. The van der Waals surface area contributed by atoms with Gasteiger partial charge in [-0.3, -0.25) is 4.79 Å². The highest BCUT2D eigenvalue weighted by Gasteiger charge is 2.07. The third-order valence-electron chi connectivity index (χ3n) is 2.71. The lowest BCUT2D eigenvalue weighted by molar-refractivity contribution is -0.116. The number of hydrogen-bond acceptors (Lipinski definition) is 4. The summed E-state index contributed by atoms with van der Waals surface area (Å²) in [7, 11) is 0. The first kappa shape index (κ1) is 13.5. The Kier molecular flexibility index (Phi) is 4.52. The SMILES string of the molecule is CCCCC(=O)Nc1nc(-c2ccc(N)cc2)cs1. The van der Waals surface area contributed by atoms with E-state index in [0.717, 1.165) is 29.8 Å². The zero-order valence-electron chi connectivity index (χ0n) is 10.8. The van der Waals surface area contributed by atoms with Gasteiger partial charge in [-0.15, -0.1) is 11.3 Å². The molecule has 0 spiro atoms. The van der Waals surface area contributed by atoms with Crippen molar-refractivity contribution in [1.29, 1.82) is 0 Å². The van der Waals surface area contributed by atoms with Crippen LogP contribution >= 0.6 is 11.3 Å². The van der Waals surface area contributed by atoms with E-state index in [4.69, 9.17) is 5.73 Å². The van der Waals surface area contributed by atoms with E-state index >= 15 is 0 Å². The normalized spacial score (nSPS) is 10.4. The molecular formula is C14H17N3OS. The molecule has 19 heavy (non-hydrogen) atoms. The second-order valence-corrected chi connectivity index (χ2v) is 5.17. The minimum absolute atomic E-state index is 0.0278. The van der Waals surface area contributed by atoms with Gasteiger partial charge in [0.25, 0.3) is 0 Å². The summed E-state index contributed by atoms with van der Waals surface area (Å²) in [5, 5.41) is 5.40. The highest BCUT2D eigenvalue weighted by atomic mass is 32.1. The van der Waals surface area contributed by atoms with E-state index in [1.54, 1.807) is 0 Å². The maximum Gasteiger partial charge on any atom is 0.226 e. The third-order valence-corrected chi connectivity index (χ3v) is 3.47. The minimum atomic E-state index is 0.0278. The van der Waals surface area contributed by atoms with E-state index in [1.165, 1.54) is 11.3 Å². The van der Waals surface area contributed by atoms with E-state index in [0.29, 0.717) is 11.6 Å². The summed E-state index contributed by atoms with van der Waals surface area (Å²) < 4.78 is 0. The number of nitrogens with two attached hydrogens (primary N) is 1. The van der Waals surface area contributed by atoms with E-state index in [2.05, 4.69) is 17.2 Å². The largest absolute Gasteiger partial charge is 0.399 e. The molecule has 1 amide bonds. The van der Waals surface area contributed by atoms with Crippen LogP contribution in [0.15, 0.2) is 29.6 Å². The monoisotopic (exact) mass is 275 g/mol. The molecule has 0 atom stereocenters. The molecule has 5 heteroatoms. The van der Waals surface area contributed by atoms with Crippen LogP contribution in [-0.2, 0) is 4.79 Å². The Balaban J connectivity index is 2.02. The zero-order chi connectivity index (χ0) is 13.7. The molecule has 0 aliphatic carbocycles. The van der Waals surface area contributed by atoms with Crippen LogP contribution in [0.1, 0.15) is 26.2 Å². The minimum Gasteiger partial charge on any atom is -0.399 e. The van der Waals surface area contributed by atoms with Gasteiger partial charge in [-0.05, 0) is 18.6 Å². The molecule has 0 radical (unpaired) electrons. The fourth-order valence-electron chi connectivity index (χ4n) is 1.64. The van der Waals surface area contributed by atoms with Crippen LogP contribution in [0.5, 0.6) is 0 Å². The summed E-state index contributed by atoms with van der Waals surface area (Å²) in [6.07, 6.45) is 2.47. The van der Waals surface area contributed by atoms with Gasteiger partial charge in [-0.1, -0.05) is 25.5 Å². The van der Waals surface area contributed by atoms with Crippen molar-refractivity contribution in [2.45, 2.75) is 26.2 Å². The van der Waals surface area contributed by atoms with Crippen LogP contribution in [0.3, 0.4) is 0 Å². The highest BCUT2D eigenvalue weighted by molar-refractivity contribution is 7.14. The van der Waals surface area contributed by atoms with Gasteiger partial charge >= 0.3 is 0 Å².